The van der Waals surface area contributed by atoms with Crippen LogP contribution in [-0.4, -0.2) is 22.3 Å². The summed E-state index contributed by atoms with van der Waals surface area (Å²) in [5.41, 5.74) is 7.63. The largest absolute Gasteiger partial charge is 0.489 e. The van der Waals surface area contributed by atoms with Crippen LogP contribution in [0, 0.1) is 6.92 Å². The van der Waals surface area contributed by atoms with E-state index in [-0.39, 0.29) is 5.91 Å². The Morgan fingerprint density at radius 3 is 2.52 bits per heavy atom. The van der Waals surface area contributed by atoms with Gasteiger partial charge in [0.2, 0.25) is 0 Å². The Bertz CT molecular complexity index is 1160. The van der Waals surface area contributed by atoms with Crippen LogP contribution < -0.4 is 10.2 Å². The summed E-state index contributed by atoms with van der Waals surface area (Å²) >= 11 is 0. The van der Waals surface area contributed by atoms with Gasteiger partial charge in [-0.25, -0.2) is 5.43 Å². The lowest BCUT2D eigenvalue weighted by atomic mass is 10.1. The van der Waals surface area contributed by atoms with Crippen LogP contribution >= 0.6 is 0 Å². The summed E-state index contributed by atoms with van der Waals surface area (Å²) in [5, 5.41) is 11.0. The first-order valence-electron chi connectivity index (χ1n) is 9.90. The third-order valence-electron chi connectivity index (χ3n) is 4.68. The van der Waals surface area contributed by atoms with Crippen LogP contribution in [0.4, 0.5) is 0 Å². The number of carbonyl (C=O) groups is 1. The van der Waals surface area contributed by atoms with Crippen LogP contribution in [0.25, 0.3) is 11.3 Å². The Kier molecular flexibility index (Phi) is 6.18. The molecule has 31 heavy (non-hydrogen) atoms. The number of benzene rings is 3. The molecule has 1 heterocycles. The van der Waals surface area contributed by atoms with Crippen molar-refractivity contribution in [3.8, 4) is 17.0 Å². The van der Waals surface area contributed by atoms with Gasteiger partial charge in [0.15, 0.2) is 0 Å². The Labute approximate surface area is 180 Å². The van der Waals surface area contributed by atoms with E-state index in [1.807, 2.05) is 85.8 Å². The smallest absolute Gasteiger partial charge is 0.289 e. The second-order valence-corrected chi connectivity index (χ2v) is 7.08. The second-order valence-electron chi connectivity index (χ2n) is 7.08. The lowest BCUT2D eigenvalue weighted by Gasteiger charge is -2.06. The highest BCUT2D eigenvalue weighted by atomic mass is 16.5. The summed E-state index contributed by atoms with van der Waals surface area (Å²) < 4.78 is 5.77. The number of aromatic nitrogens is 2. The number of H-pyrrole nitrogens is 1. The van der Waals surface area contributed by atoms with Crippen LogP contribution in [0.15, 0.2) is 90.0 Å². The summed E-state index contributed by atoms with van der Waals surface area (Å²) in [5.74, 6) is 0.413. The van der Waals surface area contributed by atoms with E-state index in [0.717, 1.165) is 22.4 Å². The number of carbonyl (C=O) groups excluding carboxylic acids is 1. The predicted octanol–water partition coefficient (Wildman–Crippen LogP) is 4.73. The molecule has 1 amide bonds. The molecule has 0 aliphatic heterocycles. The zero-order valence-corrected chi connectivity index (χ0v) is 17.1. The molecule has 0 fully saturated rings. The minimum absolute atomic E-state index is 0.345. The van der Waals surface area contributed by atoms with Gasteiger partial charge in [-0.1, -0.05) is 60.2 Å². The van der Waals surface area contributed by atoms with Crippen LogP contribution in [0.3, 0.4) is 0 Å². The molecule has 0 saturated carbocycles. The molecule has 0 unspecified atom stereocenters. The molecule has 1 aromatic heterocycles. The molecule has 4 rings (SSSR count). The molecule has 0 bridgehead atoms. The summed E-state index contributed by atoms with van der Waals surface area (Å²) in [7, 11) is 0. The molecular weight excluding hydrogens is 388 g/mol. The number of nitrogens with one attached hydrogen (secondary N) is 2. The van der Waals surface area contributed by atoms with Gasteiger partial charge in [-0.15, -0.1) is 0 Å². The quantitative estimate of drug-likeness (QED) is 0.342. The fraction of sp³-hybridized carbons (Fsp3) is 0.0800. The molecule has 0 saturated heterocycles. The van der Waals surface area contributed by atoms with E-state index in [2.05, 4.69) is 20.7 Å². The average Bonchev–Trinajstić information content (AvgIpc) is 3.30. The molecule has 0 radical (unpaired) electrons. The standard InChI is InChI=1S/C25H22N4O2/c1-18-7-11-21(12-8-18)23-15-24(28-27-23)25(30)29-26-16-19-9-13-22(14-10-19)31-17-20-5-3-2-4-6-20/h2-16H,17H2,1H3,(H,27,28)(H,29,30)/b26-16-. The van der Waals surface area contributed by atoms with Gasteiger partial charge < -0.3 is 4.74 Å². The maximum Gasteiger partial charge on any atom is 0.289 e. The number of aromatic amines is 1. The van der Waals surface area contributed by atoms with Crippen molar-refractivity contribution in [1.29, 1.82) is 0 Å². The van der Waals surface area contributed by atoms with Gasteiger partial charge in [0.05, 0.1) is 11.9 Å². The number of aryl methyl sites for hydroxylation is 1. The molecule has 2 N–H and O–H groups in total. The average molecular weight is 410 g/mol. The minimum Gasteiger partial charge on any atom is -0.489 e. The van der Waals surface area contributed by atoms with Crippen LogP contribution in [-0.2, 0) is 6.61 Å². The van der Waals surface area contributed by atoms with E-state index >= 15 is 0 Å². The van der Waals surface area contributed by atoms with Crippen molar-refractivity contribution >= 4 is 12.1 Å². The van der Waals surface area contributed by atoms with Gasteiger partial charge in [0, 0.05) is 5.56 Å². The molecule has 4 aromatic rings. The highest BCUT2D eigenvalue weighted by Gasteiger charge is 2.10. The maximum absolute atomic E-state index is 12.3. The molecular formula is C25H22N4O2. The normalized spacial score (nSPS) is 10.9. The summed E-state index contributed by atoms with van der Waals surface area (Å²) in [4.78, 5) is 12.3. The zero-order chi connectivity index (χ0) is 21.5. The summed E-state index contributed by atoms with van der Waals surface area (Å²) in [6.07, 6.45) is 1.58. The SMILES string of the molecule is Cc1ccc(-c2cc(C(=O)N/N=C\c3ccc(OCc4ccccc4)cc3)[nH]n2)cc1. The first-order chi connectivity index (χ1) is 15.2. The van der Waals surface area contributed by atoms with Crippen molar-refractivity contribution in [2.75, 3.05) is 0 Å². The van der Waals surface area contributed by atoms with E-state index in [1.54, 1.807) is 12.3 Å². The van der Waals surface area contributed by atoms with Crippen LogP contribution in [0.2, 0.25) is 0 Å². The number of hydrogen-bond acceptors (Lipinski definition) is 4. The maximum atomic E-state index is 12.3. The topological polar surface area (TPSA) is 79.4 Å². The van der Waals surface area contributed by atoms with Crippen molar-refractivity contribution in [2.24, 2.45) is 5.10 Å². The molecule has 0 aliphatic rings. The molecule has 6 heteroatoms. The van der Waals surface area contributed by atoms with Crippen molar-refractivity contribution in [2.45, 2.75) is 13.5 Å². The fourth-order valence-corrected chi connectivity index (χ4v) is 2.93. The molecule has 0 aliphatic carbocycles. The Balaban J connectivity index is 1.30. The van der Waals surface area contributed by atoms with Crippen LogP contribution in [0.5, 0.6) is 5.75 Å². The van der Waals surface area contributed by atoms with E-state index in [1.165, 1.54) is 5.56 Å². The van der Waals surface area contributed by atoms with E-state index in [4.69, 9.17) is 4.74 Å². The monoisotopic (exact) mass is 410 g/mol. The van der Waals surface area contributed by atoms with Gasteiger partial charge in [-0.3, -0.25) is 9.89 Å². The summed E-state index contributed by atoms with van der Waals surface area (Å²) in [6, 6.07) is 27.1. The van der Waals surface area contributed by atoms with Gasteiger partial charge >= 0.3 is 0 Å². The number of nitrogens with zero attached hydrogens (tertiary/aromatic N) is 2. The van der Waals surface area contributed by atoms with Crippen molar-refractivity contribution < 1.29 is 9.53 Å². The molecule has 6 nitrogen and oxygen atoms in total. The van der Waals surface area contributed by atoms with Gasteiger partial charge in [0.1, 0.15) is 18.1 Å². The van der Waals surface area contributed by atoms with E-state index in [0.29, 0.717) is 18.0 Å². The molecule has 0 spiro atoms. The molecule has 3 aromatic carbocycles. The summed E-state index contributed by atoms with van der Waals surface area (Å²) in [6.45, 7) is 2.54. The highest BCUT2D eigenvalue weighted by Crippen LogP contribution is 2.18. The Morgan fingerprint density at radius 1 is 1.03 bits per heavy atom. The number of hydrazone groups is 1. The van der Waals surface area contributed by atoms with Crippen molar-refractivity contribution in [3.05, 3.63) is 107 Å². The van der Waals surface area contributed by atoms with Gasteiger partial charge in [0.25, 0.3) is 5.91 Å². The van der Waals surface area contributed by atoms with Crippen LogP contribution in [0.1, 0.15) is 27.2 Å². The van der Waals surface area contributed by atoms with Gasteiger partial charge in [-0.2, -0.15) is 10.2 Å². The highest BCUT2D eigenvalue weighted by molar-refractivity contribution is 5.94. The number of rotatable bonds is 7. The lowest BCUT2D eigenvalue weighted by Crippen LogP contribution is -2.17. The fourth-order valence-electron chi connectivity index (χ4n) is 2.93. The van der Waals surface area contributed by atoms with Crippen molar-refractivity contribution in [1.82, 2.24) is 15.6 Å². The molecule has 154 valence electrons. The lowest BCUT2D eigenvalue weighted by molar-refractivity contribution is 0.0950. The van der Waals surface area contributed by atoms with E-state index < -0.39 is 0 Å². The molecule has 0 atom stereocenters. The third-order valence-corrected chi connectivity index (χ3v) is 4.68. The first kappa shape index (κ1) is 20.1. The zero-order valence-electron chi connectivity index (χ0n) is 17.1. The first-order valence-corrected chi connectivity index (χ1v) is 9.90. The predicted molar refractivity (Wildman–Crippen MR) is 121 cm³/mol. The minimum atomic E-state index is -0.357. The van der Waals surface area contributed by atoms with Crippen molar-refractivity contribution in [3.63, 3.8) is 0 Å². The Hall–Kier alpha value is -4.19. The third kappa shape index (κ3) is 5.45. The number of ether oxygens (including phenoxy) is 1. The second kappa shape index (κ2) is 9.54. The van der Waals surface area contributed by atoms with E-state index in [9.17, 15) is 4.79 Å². The Morgan fingerprint density at radius 2 is 1.77 bits per heavy atom. The number of amides is 1. The van der Waals surface area contributed by atoms with Gasteiger partial charge in [-0.05, 0) is 48.4 Å². The number of hydrogen-bond donors (Lipinski definition) is 2.